The average Bonchev–Trinajstić information content (AvgIpc) is 3.09. The minimum absolute atomic E-state index is 0.120. The lowest BCUT2D eigenvalue weighted by Gasteiger charge is -2.04. The second kappa shape index (κ2) is 5.58. The number of halogens is 2. The smallest absolute Gasteiger partial charge is 0.263 e. The first-order chi connectivity index (χ1) is 8.22. The third-order valence-corrected chi connectivity index (χ3v) is 3.37. The summed E-state index contributed by atoms with van der Waals surface area (Å²) in [5.41, 5.74) is 1.33. The van der Waals surface area contributed by atoms with Crippen LogP contribution in [0.3, 0.4) is 0 Å². The van der Waals surface area contributed by atoms with E-state index in [0.717, 1.165) is 19.5 Å². The summed E-state index contributed by atoms with van der Waals surface area (Å²) in [6.07, 6.45) is -0.0177. The van der Waals surface area contributed by atoms with Crippen LogP contribution in [0.15, 0.2) is 24.3 Å². The van der Waals surface area contributed by atoms with Gasteiger partial charge in [-0.05, 0) is 43.3 Å². The molecule has 0 amide bonds. The van der Waals surface area contributed by atoms with Crippen molar-refractivity contribution in [1.29, 1.82) is 0 Å². The van der Waals surface area contributed by atoms with Gasteiger partial charge in [0.15, 0.2) is 0 Å². The molecule has 0 aliphatic heterocycles. The minimum atomic E-state index is -2.36. The topological polar surface area (TPSA) is 12.0 Å². The fourth-order valence-corrected chi connectivity index (χ4v) is 2.23. The van der Waals surface area contributed by atoms with Gasteiger partial charge in [-0.1, -0.05) is 31.2 Å². The van der Waals surface area contributed by atoms with Gasteiger partial charge in [0, 0.05) is 5.56 Å². The molecule has 94 valence electrons. The maximum Gasteiger partial charge on any atom is 0.263 e. The molecule has 1 saturated carbocycles. The van der Waals surface area contributed by atoms with Crippen molar-refractivity contribution in [3.8, 4) is 0 Å². The van der Waals surface area contributed by atoms with E-state index < -0.39 is 6.43 Å². The standard InChI is InChI=1S/C14H19F2N/c1-2-7-17-9-12-8-13(12)10-3-5-11(6-4-10)14(15)16/h3-6,12-14,17H,2,7-9H2,1H3. The quantitative estimate of drug-likeness (QED) is 0.746. The zero-order valence-corrected chi connectivity index (χ0v) is 10.1. The molecule has 1 aliphatic rings. The van der Waals surface area contributed by atoms with Gasteiger partial charge in [0.05, 0.1) is 0 Å². The molecule has 0 heterocycles. The molecule has 3 heteroatoms. The summed E-state index contributed by atoms with van der Waals surface area (Å²) in [4.78, 5) is 0. The Kier molecular flexibility index (Phi) is 4.11. The van der Waals surface area contributed by atoms with Crippen LogP contribution in [-0.2, 0) is 0 Å². The summed E-state index contributed by atoms with van der Waals surface area (Å²) in [6, 6.07) is 6.81. The highest BCUT2D eigenvalue weighted by Gasteiger charge is 2.37. The zero-order chi connectivity index (χ0) is 12.3. The Hall–Kier alpha value is -0.960. The first-order valence-electron chi connectivity index (χ1n) is 6.31. The highest BCUT2D eigenvalue weighted by molar-refractivity contribution is 5.30. The van der Waals surface area contributed by atoms with Crippen molar-refractivity contribution in [1.82, 2.24) is 5.32 Å². The van der Waals surface area contributed by atoms with Gasteiger partial charge in [0.1, 0.15) is 0 Å². The second-order valence-corrected chi connectivity index (χ2v) is 4.77. The fraction of sp³-hybridized carbons (Fsp3) is 0.571. The molecule has 1 fully saturated rings. The molecule has 2 atom stereocenters. The van der Waals surface area contributed by atoms with Gasteiger partial charge in [-0.3, -0.25) is 0 Å². The van der Waals surface area contributed by atoms with E-state index in [-0.39, 0.29) is 5.56 Å². The van der Waals surface area contributed by atoms with E-state index in [9.17, 15) is 8.78 Å². The van der Waals surface area contributed by atoms with E-state index in [1.54, 1.807) is 12.1 Å². The van der Waals surface area contributed by atoms with Crippen LogP contribution >= 0.6 is 0 Å². The molecule has 1 nitrogen and oxygen atoms in total. The van der Waals surface area contributed by atoms with Crippen molar-refractivity contribution in [2.45, 2.75) is 32.1 Å². The molecule has 17 heavy (non-hydrogen) atoms. The van der Waals surface area contributed by atoms with Gasteiger partial charge in [0.25, 0.3) is 6.43 Å². The highest BCUT2D eigenvalue weighted by Crippen LogP contribution is 2.47. The van der Waals surface area contributed by atoms with Gasteiger partial charge < -0.3 is 5.32 Å². The average molecular weight is 239 g/mol. The van der Waals surface area contributed by atoms with E-state index >= 15 is 0 Å². The van der Waals surface area contributed by atoms with Crippen molar-refractivity contribution < 1.29 is 8.78 Å². The van der Waals surface area contributed by atoms with Gasteiger partial charge >= 0.3 is 0 Å². The molecular formula is C14H19F2N. The number of benzene rings is 1. The summed E-state index contributed by atoms with van der Waals surface area (Å²) in [6.45, 7) is 4.27. The largest absolute Gasteiger partial charge is 0.316 e. The van der Waals surface area contributed by atoms with E-state index in [1.807, 2.05) is 12.1 Å². The van der Waals surface area contributed by atoms with Gasteiger partial charge in [-0.15, -0.1) is 0 Å². The fourth-order valence-electron chi connectivity index (χ4n) is 2.23. The first-order valence-corrected chi connectivity index (χ1v) is 6.31. The SMILES string of the molecule is CCCNCC1CC1c1ccc(C(F)F)cc1. The van der Waals surface area contributed by atoms with Crippen LogP contribution in [0.2, 0.25) is 0 Å². The number of hydrogen-bond donors (Lipinski definition) is 1. The molecule has 2 rings (SSSR count). The summed E-state index contributed by atoms with van der Waals surface area (Å²) < 4.78 is 24.8. The Morgan fingerprint density at radius 1 is 1.29 bits per heavy atom. The third kappa shape index (κ3) is 3.25. The monoisotopic (exact) mass is 239 g/mol. The molecule has 2 unspecified atom stereocenters. The molecule has 1 aromatic carbocycles. The van der Waals surface area contributed by atoms with Crippen molar-refractivity contribution in [3.63, 3.8) is 0 Å². The van der Waals surface area contributed by atoms with Gasteiger partial charge in [0.2, 0.25) is 0 Å². The summed E-state index contributed by atoms with van der Waals surface area (Å²) in [7, 11) is 0. The number of alkyl halides is 2. The number of nitrogens with one attached hydrogen (secondary N) is 1. The predicted octanol–water partition coefficient (Wildman–Crippen LogP) is 3.73. The molecule has 0 aromatic heterocycles. The summed E-state index contributed by atoms with van der Waals surface area (Å²) in [5, 5.41) is 3.41. The maximum absolute atomic E-state index is 12.4. The predicted molar refractivity (Wildman–Crippen MR) is 65.4 cm³/mol. The minimum Gasteiger partial charge on any atom is -0.316 e. The molecule has 1 aliphatic carbocycles. The summed E-state index contributed by atoms with van der Waals surface area (Å²) in [5.74, 6) is 1.27. The van der Waals surface area contributed by atoms with Crippen LogP contribution in [0.1, 0.15) is 43.2 Å². The van der Waals surface area contributed by atoms with Crippen LogP contribution in [0.25, 0.3) is 0 Å². The molecule has 1 aromatic rings. The Bertz CT molecular complexity index is 348. The van der Waals surface area contributed by atoms with Crippen LogP contribution in [-0.4, -0.2) is 13.1 Å². The normalized spacial score (nSPS) is 23.1. The van der Waals surface area contributed by atoms with Crippen molar-refractivity contribution in [2.24, 2.45) is 5.92 Å². The van der Waals surface area contributed by atoms with Crippen LogP contribution in [0, 0.1) is 5.92 Å². The van der Waals surface area contributed by atoms with Gasteiger partial charge in [-0.2, -0.15) is 0 Å². The van der Waals surface area contributed by atoms with E-state index in [4.69, 9.17) is 0 Å². The van der Waals surface area contributed by atoms with E-state index in [0.29, 0.717) is 11.8 Å². The van der Waals surface area contributed by atoms with E-state index in [1.165, 1.54) is 12.0 Å². The molecule has 1 N–H and O–H groups in total. The molecule has 0 bridgehead atoms. The second-order valence-electron chi connectivity index (χ2n) is 4.77. The Balaban J connectivity index is 1.84. The Morgan fingerprint density at radius 3 is 2.59 bits per heavy atom. The Morgan fingerprint density at radius 2 is 2.00 bits per heavy atom. The van der Waals surface area contributed by atoms with Crippen LogP contribution in [0.5, 0.6) is 0 Å². The van der Waals surface area contributed by atoms with Crippen molar-refractivity contribution in [2.75, 3.05) is 13.1 Å². The van der Waals surface area contributed by atoms with Crippen LogP contribution < -0.4 is 5.32 Å². The summed E-state index contributed by atoms with van der Waals surface area (Å²) >= 11 is 0. The maximum atomic E-state index is 12.4. The lowest BCUT2D eigenvalue weighted by atomic mass is 10.1. The molecular weight excluding hydrogens is 220 g/mol. The first kappa shape index (κ1) is 12.5. The lowest BCUT2D eigenvalue weighted by molar-refractivity contribution is 0.151. The molecule has 0 spiro atoms. The number of hydrogen-bond acceptors (Lipinski definition) is 1. The number of rotatable bonds is 6. The van der Waals surface area contributed by atoms with Crippen LogP contribution in [0.4, 0.5) is 8.78 Å². The van der Waals surface area contributed by atoms with Crippen molar-refractivity contribution >= 4 is 0 Å². The Labute approximate surface area is 101 Å². The van der Waals surface area contributed by atoms with E-state index in [2.05, 4.69) is 12.2 Å². The highest BCUT2D eigenvalue weighted by atomic mass is 19.3. The van der Waals surface area contributed by atoms with Gasteiger partial charge in [-0.25, -0.2) is 8.78 Å². The lowest BCUT2D eigenvalue weighted by Crippen LogP contribution is -2.17. The molecule has 0 radical (unpaired) electrons. The molecule has 0 saturated heterocycles. The van der Waals surface area contributed by atoms with Crippen molar-refractivity contribution in [3.05, 3.63) is 35.4 Å². The zero-order valence-electron chi connectivity index (χ0n) is 10.1. The third-order valence-electron chi connectivity index (χ3n) is 3.37.